The second-order valence-corrected chi connectivity index (χ2v) is 16.7. The molecule has 0 spiro atoms. The molecule has 0 N–H and O–H groups in total. The highest BCUT2D eigenvalue weighted by Gasteiger charge is 2.23. The lowest BCUT2D eigenvalue weighted by molar-refractivity contribution is 0.672. The number of furan rings is 1. The SMILES string of the molecule is c1ccc(-c2ccc(-c3ccc(N(c4ccccc4-c4ccc5c(c4)sc4ccccc45)c4cccc5oc6c7ccccc7ccc6c45)cc3)c(-c3ccccc3)c2)cc1. The Labute approximate surface area is 357 Å². The summed E-state index contributed by atoms with van der Waals surface area (Å²) in [6, 6.07) is 81.2. The molecule has 286 valence electrons. The Morgan fingerprint density at radius 1 is 0.344 bits per heavy atom. The van der Waals surface area contributed by atoms with E-state index < -0.39 is 0 Å². The second-order valence-electron chi connectivity index (χ2n) is 15.6. The third-order valence-corrected chi connectivity index (χ3v) is 13.2. The van der Waals surface area contributed by atoms with E-state index in [2.05, 4.69) is 229 Å². The predicted octanol–water partition coefficient (Wildman–Crippen LogP) is 17.2. The monoisotopic (exact) mass is 795 g/mol. The summed E-state index contributed by atoms with van der Waals surface area (Å²) in [5.41, 5.74) is 14.5. The van der Waals surface area contributed by atoms with Gasteiger partial charge in [-0.25, -0.2) is 0 Å². The first-order valence-corrected chi connectivity index (χ1v) is 21.6. The highest BCUT2D eigenvalue weighted by atomic mass is 32.1. The molecule has 0 aliphatic rings. The number of rotatable bonds is 7. The fourth-order valence-corrected chi connectivity index (χ4v) is 10.3. The quantitative estimate of drug-likeness (QED) is 0.160. The highest BCUT2D eigenvalue weighted by Crippen LogP contribution is 2.48. The van der Waals surface area contributed by atoms with Crippen LogP contribution in [0.3, 0.4) is 0 Å². The van der Waals surface area contributed by atoms with Crippen LogP contribution < -0.4 is 4.90 Å². The second kappa shape index (κ2) is 14.5. The van der Waals surface area contributed by atoms with Crippen LogP contribution >= 0.6 is 11.3 Å². The fourth-order valence-electron chi connectivity index (χ4n) is 9.19. The summed E-state index contributed by atoms with van der Waals surface area (Å²) >= 11 is 1.86. The maximum Gasteiger partial charge on any atom is 0.143 e. The van der Waals surface area contributed by atoms with Gasteiger partial charge in [-0.1, -0.05) is 170 Å². The van der Waals surface area contributed by atoms with Crippen molar-refractivity contribution in [1.82, 2.24) is 0 Å². The van der Waals surface area contributed by atoms with Gasteiger partial charge in [-0.05, 0) is 98.9 Å². The van der Waals surface area contributed by atoms with Crippen molar-refractivity contribution in [3.63, 3.8) is 0 Å². The largest absolute Gasteiger partial charge is 0.455 e. The van der Waals surface area contributed by atoms with Gasteiger partial charge < -0.3 is 9.32 Å². The van der Waals surface area contributed by atoms with Gasteiger partial charge in [0.15, 0.2) is 0 Å². The van der Waals surface area contributed by atoms with Crippen molar-refractivity contribution in [3.05, 3.63) is 224 Å². The lowest BCUT2D eigenvalue weighted by atomic mass is 9.91. The van der Waals surface area contributed by atoms with E-state index in [0.29, 0.717) is 0 Å². The molecule has 0 aliphatic heterocycles. The number of fused-ring (bicyclic) bond motifs is 8. The van der Waals surface area contributed by atoms with Crippen LogP contribution in [0.1, 0.15) is 0 Å². The average Bonchev–Trinajstić information content (AvgIpc) is 3.91. The number of hydrogen-bond acceptors (Lipinski definition) is 3. The molecule has 0 aliphatic carbocycles. The van der Waals surface area contributed by atoms with E-state index in [1.807, 2.05) is 11.3 Å². The molecule has 3 heteroatoms. The minimum Gasteiger partial charge on any atom is -0.455 e. The molecule has 0 amide bonds. The van der Waals surface area contributed by atoms with E-state index in [-0.39, 0.29) is 0 Å². The Morgan fingerprint density at radius 2 is 0.984 bits per heavy atom. The predicted molar refractivity (Wildman–Crippen MR) is 261 cm³/mol. The highest BCUT2D eigenvalue weighted by molar-refractivity contribution is 7.25. The molecule has 0 saturated heterocycles. The Morgan fingerprint density at radius 3 is 1.84 bits per heavy atom. The zero-order valence-corrected chi connectivity index (χ0v) is 33.9. The van der Waals surface area contributed by atoms with Crippen molar-refractivity contribution >= 4 is 81.3 Å². The first-order valence-electron chi connectivity index (χ1n) is 20.7. The van der Waals surface area contributed by atoms with E-state index in [0.717, 1.165) is 60.9 Å². The number of benzene rings is 10. The van der Waals surface area contributed by atoms with Crippen molar-refractivity contribution < 1.29 is 4.42 Å². The first kappa shape index (κ1) is 35.2. The number of para-hydroxylation sites is 1. The van der Waals surface area contributed by atoms with Crippen LogP contribution in [0.2, 0.25) is 0 Å². The van der Waals surface area contributed by atoms with Crippen LogP contribution in [-0.4, -0.2) is 0 Å². The van der Waals surface area contributed by atoms with Crippen molar-refractivity contribution in [1.29, 1.82) is 0 Å². The van der Waals surface area contributed by atoms with Crippen molar-refractivity contribution in [2.24, 2.45) is 0 Å². The van der Waals surface area contributed by atoms with Gasteiger partial charge in [-0.2, -0.15) is 0 Å². The van der Waals surface area contributed by atoms with Gasteiger partial charge in [0.2, 0.25) is 0 Å². The Balaban J connectivity index is 1.06. The van der Waals surface area contributed by atoms with E-state index in [1.54, 1.807) is 0 Å². The average molecular weight is 796 g/mol. The van der Waals surface area contributed by atoms with E-state index in [1.165, 1.54) is 53.6 Å². The van der Waals surface area contributed by atoms with Gasteiger partial charge in [-0.15, -0.1) is 11.3 Å². The van der Waals surface area contributed by atoms with E-state index >= 15 is 0 Å². The Bertz CT molecular complexity index is 3580. The topological polar surface area (TPSA) is 16.4 Å². The molecular weight excluding hydrogens is 759 g/mol. The molecule has 12 rings (SSSR count). The molecule has 0 radical (unpaired) electrons. The number of anilines is 3. The molecule has 0 atom stereocenters. The first-order chi connectivity index (χ1) is 30.2. The standard InChI is InChI=1S/C58H37NOS/c1-3-14-38(15-4-1)42-29-33-45(51(36-42)39-16-5-2-6-17-39)41-26-31-44(32-27-41)59(53-23-13-24-54-57(53)50-35-28-40-18-7-8-20-47(40)58(50)60-54)52-22-11-9-19-46(52)43-30-34-49-48-21-10-12-25-55(48)61-56(49)37-43/h1-37H. The molecule has 61 heavy (non-hydrogen) atoms. The maximum atomic E-state index is 6.77. The zero-order chi connectivity index (χ0) is 40.3. The minimum atomic E-state index is 0.862. The zero-order valence-electron chi connectivity index (χ0n) is 33.1. The Kier molecular flexibility index (Phi) is 8.39. The van der Waals surface area contributed by atoms with Gasteiger partial charge >= 0.3 is 0 Å². The normalized spacial score (nSPS) is 11.6. The molecule has 10 aromatic carbocycles. The molecular formula is C58H37NOS. The fraction of sp³-hybridized carbons (Fsp3) is 0. The van der Waals surface area contributed by atoms with Gasteiger partial charge in [0.25, 0.3) is 0 Å². The van der Waals surface area contributed by atoms with Crippen molar-refractivity contribution in [2.75, 3.05) is 4.90 Å². The molecule has 2 heterocycles. The summed E-state index contributed by atoms with van der Waals surface area (Å²) < 4.78 is 9.36. The molecule has 2 nitrogen and oxygen atoms in total. The van der Waals surface area contributed by atoms with E-state index in [9.17, 15) is 0 Å². The van der Waals surface area contributed by atoms with Gasteiger partial charge in [-0.3, -0.25) is 0 Å². The van der Waals surface area contributed by atoms with Crippen molar-refractivity contribution in [2.45, 2.75) is 0 Å². The minimum absolute atomic E-state index is 0.862. The van der Waals surface area contributed by atoms with E-state index in [4.69, 9.17) is 4.42 Å². The molecule has 0 saturated carbocycles. The van der Waals surface area contributed by atoms with Crippen LogP contribution in [-0.2, 0) is 0 Å². The molecule has 2 aromatic heterocycles. The van der Waals surface area contributed by atoms with Crippen molar-refractivity contribution in [3.8, 4) is 44.5 Å². The maximum absolute atomic E-state index is 6.77. The molecule has 0 fully saturated rings. The molecule has 0 unspecified atom stereocenters. The summed E-state index contributed by atoms with van der Waals surface area (Å²) in [5, 5.41) is 7.06. The molecule has 0 bridgehead atoms. The van der Waals surface area contributed by atoms with Crippen LogP contribution in [0.4, 0.5) is 17.1 Å². The van der Waals surface area contributed by atoms with Crippen LogP contribution in [0.5, 0.6) is 0 Å². The lowest BCUT2D eigenvalue weighted by Crippen LogP contribution is -2.11. The lowest BCUT2D eigenvalue weighted by Gasteiger charge is -2.29. The van der Waals surface area contributed by atoms with Gasteiger partial charge in [0.05, 0.1) is 16.8 Å². The summed E-state index contributed by atoms with van der Waals surface area (Å²) in [6.07, 6.45) is 0. The number of thiophene rings is 1. The third-order valence-electron chi connectivity index (χ3n) is 12.1. The molecule has 12 aromatic rings. The van der Waals surface area contributed by atoms with Crippen LogP contribution in [0.15, 0.2) is 229 Å². The van der Waals surface area contributed by atoms with Crippen LogP contribution in [0, 0.1) is 0 Å². The van der Waals surface area contributed by atoms with Crippen LogP contribution in [0.25, 0.3) is 97.4 Å². The summed E-state index contributed by atoms with van der Waals surface area (Å²) in [5.74, 6) is 0. The summed E-state index contributed by atoms with van der Waals surface area (Å²) in [7, 11) is 0. The number of nitrogens with zero attached hydrogens (tertiary/aromatic N) is 1. The third kappa shape index (κ3) is 6.01. The smallest absolute Gasteiger partial charge is 0.143 e. The number of hydrogen-bond donors (Lipinski definition) is 0. The van der Waals surface area contributed by atoms with Gasteiger partial charge in [0.1, 0.15) is 11.2 Å². The van der Waals surface area contributed by atoms with Gasteiger partial charge in [0, 0.05) is 42.2 Å². The summed E-state index contributed by atoms with van der Waals surface area (Å²) in [4.78, 5) is 2.43. The Hall–Kier alpha value is -7.72. The summed E-state index contributed by atoms with van der Waals surface area (Å²) in [6.45, 7) is 0.